The average Bonchev–Trinajstić information content (AvgIpc) is 1.49. The van der Waals surface area contributed by atoms with E-state index < -0.39 is 32.5 Å². The van der Waals surface area contributed by atoms with E-state index in [-0.39, 0.29) is 3.58 Å². The summed E-state index contributed by atoms with van der Waals surface area (Å²) in [5.41, 5.74) is 0. The van der Waals surface area contributed by atoms with Gasteiger partial charge in [-0.2, -0.15) is 0 Å². The van der Waals surface area contributed by atoms with Gasteiger partial charge < -0.3 is 0 Å². The summed E-state index contributed by atoms with van der Waals surface area (Å²) in [5, 5.41) is 9.14. The van der Waals surface area contributed by atoms with Crippen molar-refractivity contribution in [2.24, 2.45) is 0 Å². The average molecular weight is 293 g/mol. The van der Waals surface area contributed by atoms with Crippen LogP contribution in [0.2, 0.25) is 38.1 Å². The van der Waals surface area contributed by atoms with Crippen LogP contribution in [0.1, 0.15) is 0 Å². The number of aliphatic carboxylic acids is 1. The molecule has 0 aromatic heterocycles. The minimum atomic E-state index is -1.99. The van der Waals surface area contributed by atoms with Crippen molar-refractivity contribution in [3.8, 4) is 0 Å². The molecular weight excluding hydrogens is 273 g/mol. The Hall–Kier alpha value is 0.556. The molecule has 2 nitrogen and oxygen atoms in total. The normalized spacial score (nSPS) is 13.6. The van der Waals surface area contributed by atoms with Crippen LogP contribution in [0.5, 0.6) is 0 Å². The Balaban J connectivity index is 4.82. The molecule has 0 bridgehead atoms. The Bertz CT molecular complexity index is 162. The summed E-state index contributed by atoms with van der Waals surface area (Å²) in [6.45, 7) is 0. The number of hydrogen-bond donors (Lipinski definition) is 1. The summed E-state index contributed by atoms with van der Waals surface area (Å²) in [7, 11) is 0. The molecule has 0 aromatic carbocycles. The van der Waals surface area contributed by atoms with Crippen LogP contribution in [-0.4, -0.2) is 37.6 Å². The second-order valence-electron chi connectivity index (χ2n) is 5.50. The molecule has 0 aromatic rings. The second-order valence-corrected chi connectivity index (χ2v) is 30.3. The van der Waals surface area contributed by atoms with Gasteiger partial charge in [-0.15, -0.1) is 0 Å². The molecule has 0 unspecified atom stereocenters. The Kier molecular flexibility index (Phi) is 3.91. The third kappa shape index (κ3) is 3.52. The molecule has 12 heavy (non-hydrogen) atoms. The fourth-order valence-corrected chi connectivity index (χ4v) is 38.9. The maximum absolute atomic E-state index is 11.1. The van der Waals surface area contributed by atoms with Gasteiger partial charge in [-0.25, -0.2) is 0 Å². The molecule has 0 aliphatic rings. The van der Waals surface area contributed by atoms with E-state index in [4.69, 9.17) is 5.11 Å². The molecule has 0 aliphatic carbocycles. The SMILES string of the molecule is [CH3][Ge]([CH3])([CH3])[CH](C(=O)O)[Ge]([CH3])([CH3])[CH3]. The molecule has 0 heterocycles. The summed E-state index contributed by atoms with van der Waals surface area (Å²) >= 11 is -3.99. The molecule has 1 N–H and O–H groups in total. The molecule has 0 spiro atoms. The first-order chi connectivity index (χ1) is 5.07. The fourth-order valence-electron chi connectivity index (χ4n) is 2.04. The monoisotopic (exact) mass is 296 g/mol. The van der Waals surface area contributed by atoms with Crippen LogP contribution in [0, 0.1) is 0 Å². The Morgan fingerprint density at radius 2 is 1.25 bits per heavy atom. The second kappa shape index (κ2) is 3.74. The molecule has 4 heteroatoms. The Labute approximate surface area is 80.5 Å². The van der Waals surface area contributed by atoms with Crippen molar-refractivity contribution >= 4 is 32.5 Å². The van der Waals surface area contributed by atoms with Gasteiger partial charge in [0.05, 0.1) is 0 Å². The van der Waals surface area contributed by atoms with Gasteiger partial charge in [0.2, 0.25) is 0 Å². The number of carboxylic acids is 1. The third-order valence-corrected chi connectivity index (χ3v) is 29.2. The van der Waals surface area contributed by atoms with E-state index in [9.17, 15) is 4.79 Å². The zero-order valence-electron chi connectivity index (χ0n) is 8.93. The van der Waals surface area contributed by atoms with Gasteiger partial charge in [0, 0.05) is 0 Å². The van der Waals surface area contributed by atoms with Gasteiger partial charge in [-0.05, 0) is 0 Å². The third-order valence-electron chi connectivity index (χ3n) is 1.98. The van der Waals surface area contributed by atoms with E-state index in [1.165, 1.54) is 0 Å². The van der Waals surface area contributed by atoms with Crippen molar-refractivity contribution < 1.29 is 9.90 Å². The summed E-state index contributed by atoms with van der Waals surface area (Å²) in [6.07, 6.45) is 0. The Morgan fingerprint density at radius 3 is 1.25 bits per heavy atom. The van der Waals surface area contributed by atoms with E-state index in [1.807, 2.05) is 0 Å². The van der Waals surface area contributed by atoms with Crippen molar-refractivity contribution in [1.29, 1.82) is 0 Å². The van der Waals surface area contributed by atoms with Gasteiger partial charge >= 0.3 is 80.5 Å². The van der Waals surface area contributed by atoms with Gasteiger partial charge in [-0.1, -0.05) is 0 Å². The van der Waals surface area contributed by atoms with E-state index in [2.05, 4.69) is 34.5 Å². The first-order valence-corrected chi connectivity index (χ1v) is 19.3. The molecule has 72 valence electrons. The summed E-state index contributed by atoms with van der Waals surface area (Å²) in [6, 6.07) is 0. The van der Waals surface area contributed by atoms with E-state index in [0.717, 1.165) is 0 Å². The van der Waals surface area contributed by atoms with Crippen molar-refractivity contribution in [2.45, 2.75) is 38.1 Å². The van der Waals surface area contributed by atoms with Crippen molar-refractivity contribution in [3.63, 3.8) is 0 Å². The minimum absolute atomic E-state index is 0.0741. The van der Waals surface area contributed by atoms with E-state index >= 15 is 0 Å². The van der Waals surface area contributed by atoms with Crippen LogP contribution in [0.3, 0.4) is 0 Å². The zero-order chi connectivity index (χ0) is 10.2. The van der Waals surface area contributed by atoms with Crippen molar-refractivity contribution in [3.05, 3.63) is 0 Å². The molecular formula is C8H20Ge2O2. The van der Waals surface area contributed by atoms with E-state index in [1.54, 1.807) is 0 Å². The summed E-state index contributed by atoms with van der Waals surface area (Å²) in [4.78, 5) is 11.1. The van der Waals surface area contributed by atoms with Crippen molar-refractivity contribution in [2.75, 3.05) is 0 Å². The van der Waals surface area contributed by atoms with Gasteiger partial charge in [0.25, 0.3) is 0 Å². The van der Waals surface area contributed by atoms with E-state index in [0.29, 0.717) is 0 Å². The Morgan fingerprint density at radius 1 is 1.00 bits per heavy atom. The first-order valence-electron chi connectivity index (χ1n) is 4.29. The molecule has 0 atom stereocenters. The fraction of sp³-hybridized carbons (Fsp3) is 0.875. The maximum atomic E-state index is 11.1. The molecule has 0 saturated carbocycles. The predicted octanol–water partition coefficient (Wildman–Crippen LogP) is 2.66. The zero-order valence-corrected chi connectivity index (χ0v) is 13.1. The molecule has 0 saturated heterocycles. The molecule has 0 aliphatic heterocycles. The molecule has 0 radical (unpaired) electrons. The number of carbonyl (C=O) groups is 1. The topological polar surface area (TPSA) is 37.3 Å². The van der Waals surface area contributed by atoms with Crippen LogP contribution in [0.15, 0.2) is 0 Å². The quantitative estimate of drug-likeness (QED) is 0.812. The van der Waals surface area contributed by atoms with Crippen LogP contribution in [0.25, 0.3) is 0 Å². The van der Waals surface area contributed by atoms with Gasteiger partial charge in [-0.3, -0.25) is 0 Å². The number of carboxylic acid groups (broad SMARTS) is 1. The number of hydrogen-bond acceptors (Lipinski definition) is 1. The summed E-state index contributed by atoms with van der Waals surface area (Å²) < 4.78 is 0.0741. The molecule has 0 amide bonds. The van der Waals surface area contributed by atoms with Crippen LogP contribution in [-0.2, 0) is 4.79 Å². The van der Waals surface area contributed by atoms with Crippen molar-refractivity contribution in [1.82, 2.24) is 0 Å². The molecule has 0 rings (SSSR count). The van der Waals surface area contributed by atoms with Gasteiger partial charge in [0.1, 0.15) is 0 Å². The van der Waals surface area contributed by atoms with Crippen LogP contribution < -0.4 is 0 Å². The first kappa shape index (κ1) is 12.6. The van der Waals surface area contributed by atoms with Crippen LogP contribution in [0.4, 0.5) is 0 Å². The van der Waals surface area contributed by atoms with Gasteiger partial charge in [0.15, 0.2) is 0 Å². The van der Waals surface area contributed by atoms with Crippen LogP contribution >= 0.6 is 0 Å². The molecule has 0 fully saturated rings. The standard InChI is InChI=1S/C8H20Ge2O2/c1-9(2,3)7(8(11)12)10(4,5)6/h7H,1-6H3,(H,11,12). The summed E-state index contributed by atoms with van der Waals surface area (Å²) in [5.74, 6) is 12.7. The predicted molar refractivity (Wildman–Crippen MR) is 58.1 cm³/mol. The number of rotatable bonds is 3.